The molecule has 9 aromatic rings. The van der Waals surface area contributed by atoms with Crippen LogP contribution in [0.5, 0.6) is 0 Å². The van der Waals surface area contributed by atoms with E-state index < -0.39 is 0 Å². The maximum atomic E-state index is 6.69. The summed E-state index contributed by atoms with van der Waals surface area (Å²) in [5.74, 6) is 0. The lowest BCUT2D eigenvalue weighted by Crippen LogP contribution is -2.10. The zero-order chi connectivity index (χ0) is 33.3. The summed E-state index contributed by atoms with van der Waals surface area (Å²) in [6, 6.07) is 71.0. The van der Waals surface area contributed by atoms with Crippen molar-refractivity contribution < 1.29 is 4.42 Å². The maximum Gasteiger partial charge on any atom is 0.145 e. The minimum Gasteiger partial charge on any atom is -0.455 e. The first-order valence-corrected chi connectivity index (χ1v) is 17.0. The zero-order valence-electron chi connectivity index (χ0n) is 27.4. The molecule has 8 aromatic carbocycles. The van der Waals surface area contributed by atoms with E-state index in [9.17, 15) is 0 Å². The summed E-state index contributed by atoms with van der Waals surface area (Å²) < 4.78 is 6.69. The topological polar surface area (TPSA) is 16.4 Å². The molecule has 0 saturated heterocycles. The smallest absolute Gasteiger partial charge is 0.145 e. The molecular weight excluding hydrogens is 607 g/mol. The van der Waals surface area contributed by atoms with Gasteiger partial charge >= 0.3 is 0 Å². The third-order valence-corrected chi connectivity index (χ3v) is 9.49. The van der Waals surface area contributed by atoms with Crippen LogP contribution >= 0.6 is 0 Å². The molecule has 2 heteroatoms. The van der Waals surface area contributed by atoms with Crippen molar-refractivity contribution in [3.05, 3.63) is 200 Å². The van der Waals surface area contributed by atoms with Gasteiger partial charge in [-0.2, -0.15) is 0 Å². The van der Waals surface area contributed by atoms with Gasteiger partial charge in [-0.25, -0.2) is 0 Å². The summed E-state index contributed by atoms with van der Waals surface area (Å²) >= 11 is 0. The van der Waals surface area contributed by atoms with Crippen LogP contribution in [0, 0.1) is 0 Å². The maximum absolute atomic E-state index is 6.69. The highest BCUT2D eigenvalue weighted by molar-refractivity contribution is 6.17. The van der Waals surface area contributed by atoms with Crippen molar-refractivity contribution in [1.82, 2.24) is 0 Å². The average molecular weight is 640 g/mol. The number of fused-ring (bicyclic) bond motifs is 3. The van der Waals surface area contributed by atoms with Gasteiger partial charge in [-0.3, -0.25) is 0 Å². The largest absolute Gasteiger partial charge is 0.455 e. The van der Waals surface area contributed by atoms with Gasteiger partial charge in [0.15, 0.2) is 0 Å². The van der Waals surface area contributed by atoms with Gasteiger partial charge in [0.1, 0.15) is 11.2 Å². The molecule has 0 aliphatic heterocycles. The standard InChI is InChI=1S/C48H33NO/c1-4-13-34(14-5-1)36-23-25-38(26-24-36)40-19-12-20-42(33-40)49(41-29-27-37(28-30-41)35-15-6-2-7-16-35)45-32-31-43(39-17-8-3-9-18-39)48-47(45)44-21-10-11-22-46(44)50-48/h1-33H. The van der Waals surface area contributed by atoms with Gasteiger partial charge in [-0.05, 0) is 81.4 Å². The normalized spacial score (nSPS) is 11.2. The summed E-state index contributed by atoms with van der Waals surface area (Å²) in [5, 5.41) is 2.18. The fourth-order valence-electron chi connectivity index (χ4n) is 7.01. The van der Waals surface area contributed by atoms with Gasteiger partial charge in [-0.1, -0.05) is 158 Å². The second-order valence-electron chi connectivity index (χ2n) is 12.5. The highest BCUT2D eigenvalue weighted by Crippen LogP contribution is 2.46. The molecule has 0 bridgehead atoms. The molecule has 0 spiro atoms. The van der Waals surface area contributed by atoms with Gasteiger partial charge in [0.25, 0.3) is 0 Å². The molecular formula is C48H33NO. The Balaban J connectivity index is 1.23. The Labute approximate surface area is 292 Å². The first-order chi connectivity index (χ1) is 24.8. The van der Waals surface area contributed by atoms with Gasteiger partial charge < -0.3 is 9.32 Å². The Morgan fingerprint density at radius 1 is 0.340 bits per heavy atom. The molecule has 0 aliphatic rings. The van der Waals surface area contributed by atoms with E-state index in [-0.39, 0.29) is 0 Å². The summed E-state index contributed by atoms with van der Waals surface area (Å²) in [7, 11) is 0. The van der Waals surface area contributed by atoms with E-state index >= 15 is 0 Å². The Morgan fingerprint density at radius 2 is 0.840 bits per heavy atom. The molecule has 0 radical (unpaired) electrons. The molecule has 0 amide bonds. The van der Waals surface area contributed by atoms with Crippen LogP contribution in [-0.2, 0) is 0 Å². The minimum absolute atomic E-state index is 0.874. The number of anilines is 3. The molecule has 0 atom stereocenters. The Kier molecular flexibility index (Phi) is 7.53. The zero-order valence-corrected chi connectivity index (χ0v) is 27.4. The fraction of sp³-hybridized carbons (Fsp3) is 0. The van der Waals surface area contributed by atoms with Crippen LogP contribution in [0.15, 0.2) is 205 Å². The molecule has 1 aromatic heterocycles. The summed E-state index contributed by atoms with van der Waals surface area (Å²) in [6.45, 7) is 0. The van der Waals surface area contributed by atoms with Crippen LogP contribution in [0.25, 0.3) is 66.4 Å². The lowest BCUT2D eigenvalue weighted by Gasteiger charge is -2.27. The SMILES string of the molecule is c1ccc(-c2ccc(-c3cccc(N(c4ccc(-c5ccccc5)cc4)c4ccc(-c5ccccc5)c5oc6ccccc6c45)c3)cc2)cc1. The quantitative estimate of drug-likeness (QED) is 0.173. The molecule has 50 heavy (non-hydrogen) atoms. The summed E-state index contributed by atoms with van der Waals surface area (Å²) in [4.78, 5) is 2.37. The molecule has 2 nitrogen and oxygen atoms in total. The lowest BCUT2D eigenvalue weighted by atomic mass is 9.98. The predicted molar refractivity (Wildman–Crippen MR) is 210 cm³/mol. The highest BCUT2D eigenvalue weighted by Gasteiger charge is 2.22. The van der Waals surface area contributed by atoms with Crippen LogP contribution in [0.1, 0.15) is 0 Å². The third kappa shape index (κ3) is 5.43. The number of benzene rings is 8. The van der Waals surface area contributed by atoms with Crippen molar-refractivity contribution in [1.29, 1.82) is 0 Å². The Morgan fingerprint density at radius 3 is 1.48 bits per heavy atom. The minimum atomic E-state index is 0.874. The number of hydrogen-bond donors (Lipinski definition) is 0. The monoisotopic (exact) mass is 639 g/mol. The molecule has 0 unspecified atom stereocenters. The van der Waals surface area contributed by atoms with E-state index in [0.717, 1.165) is 55.7 Å². The van der Waals surface area contributed by atoms with E-state index in [2.05, 4.69) is 199 Å². The number of hydrogen-bond acceptors (Lipinski definition) is 2. The van der Waals surface area contributed by atoms with E-state index in [1.807, 2.05) is 6.07 Å². The Bertz CT molecular complexity index is 2550. The molecule has 9 rings (SSSR count). The summed E-state index contributed by atoms with van der Waals surface area (Å²) in [5.41, 5.74) is 14.3. The van der Waals surface area contributed by atoms with Gasteiger partial charge in [0, 0.05) is 22.3 Å². The lowest BCUT2D eigenvalue weighted by molar-refractivity contribution is 0.670. The van der Waals surface area contributed by atoms with E-state index in [4.69, 9.17) is 4.42 Å². The van der Waals surface area contributed by atoms with Crippen molar-refractivity contribution in [3.8, 4) is 44.5 Å². The van der Waals surface area contributed by atoms with Crippen molar-refractivity contribution in [2.24, 2.45) is 0 Å². The number of para-hydroxylation sites is 1. The fourth-order valence-corrected chi connectivity index (χ4v) is 7.01. The van der Waals surface area contributed by atoms with Gasteiger partial charge in [0.2, 0.25) is 0 Å². The van der Waals surface area contributed by atoms with Crippen molar-refractivity contribution in [3.63, 3.8) is 0 Å². The average Bonchev–Trinajstić information content (AvgIpc) is 3.60. The third-order valence-electron chi connectivity index (χ3n) is 9.49. The highest BCUT2D eigenvalue weighted by atomic mass is 16.3. The van der Waals surface area contributed by atoms with Crippen molar-refractivity contribution >= 4 is 39.0 Å². The number of furan rings is 1. The second kappa shape index (κ2) is 12.8. The van der Waals surface area contributed by atoms with E-state index in [0.29, 0.717) is 0 Å². The van der Waals surface area contributed by atoms with Crippen LogP contribution in [0.2, 0.25) is 0 Å². The molecule has 0 N–H and O–H groups in total. The Hall–Kier alpha value is -6.64. The molecule has 0 fully saturated rings. The van der Waals surface area contributed by atoms with Crippen LogP contribution in [0.3, 0.4) is 0 Å². The van der Waals surface area contributed by atoms with Gasteiger partial charge in [0.05, 0.1) is 11.1 Å². The first-order valence-electron chi connectivity index (χ1n) is 17.0. The molecule has 0 saturated carbocycles. The summed E-state index contributed by atoms with van der Waals surface area (Å²) in [6.07, 6.45) is 0. The first kappa shape index (κ1) is 29.5. The predicted octanol–water partition coefficient (Wildman–Crippen LogP) is 13.7. The van der Waals surface area contributed by atoms with Crippen molar-refractivity contribution in [2.45, 2.75) is 0 Å². The van der Waals surface area contributed by atoms with E-state index in [1.165, 1.54) is 27.8 Å². The van der Waals surface area contributed by atoms with E-state index in [1.54, 1.807) is 0 Å². The number of nitrogens with zero attached hydrogens (tertiary/aromatic N) is 1. The van der Waals surface area contributed by atoms with Gasteiger partial charge in [-0.15, -0.1) is 0 Å². The van der Waals surface area contributed by atoms with Crippen molar-refractivity contribution in [2.75, 3.05) is 4.90 Å². The molecule has 1 heterocycles. The van der Waals surface area contributed by atoms with Crippen LogP contribution in [-0.4, -0.2) is 0 Å². The van der Waals surface area contributed by atoms with Crippen LogP contribution < -0.4 is 4.90 Å². The molecule has 236 valence electrons. The van der Waals surface area contributed by atoms with Crippen LogP contribution in [0.4, 0.5) is 17.1 Å². The second-order valence-corrected chi connectivity index (χ2v) is 12.5. The molecule has 0 aliphatic carbocycles. The number of rotatable bonds is 7.